The first-order valence-electron chi connectivity index (χ1n) is 7.11. The van der Waals surface area contributed by atoms with Gasteiger partial charge >= 0.3 is 0 Å². The molecule has 1 atom stereocenters. The topological polar surface area (TPSA) is 53.2 Å². The fourth-order valence-electron chi connectivity index (χ4n) is 1.91. The lowest BCUT2D eigenvalue weighted by molar-refractivity contribution is 0.0934. The summed E-state index contributed by atoms with van der Waals surface area (Å²) in [6.07, 6.45) is -1.05. The standard InChI is InChI=1S/C16H12Br2Cl3N3OS/c17-10-4-1-3-9(7-10)13(25)23-14(16(19,20)21)24-15(26)22-12-6-2-5-11(18)8-12/h1-8,14H,(H,23,25)(H2,22,24,26)/t14-/m0/s1. The molecular formula is C16H12Br2Cl3N3OS. The molecule has 4 nitrogen and oxygen atoms in total. The number of carbonyl (C=O) groups is 1. The van der Waals surface area contributed by atoms with E-state index in [1.54, 1.807) is 24.3 Å². The first kappa shape index (κ1) is 21.7. The molecule has 0 saturated heterocycles. The summed E-state index contributed by atoms with van der Waals surface area (Å²) in [4.78, 5) is 12.4. The van der Waals surface area contributed by atoms with Crippen molar-refractivity contribution in [3.8, 4) is 0 Å². The van der Waals surface area contributed by atoms with Crippen LogP contribution in [0.5, 0.6) is 0 Å². The predicted molar refractivity (Wildman–Crippen MR) is 119 cm³/mol. The zero-order chi connectivity index (χ0) is 19.3. The molecule has 2 aromatic rings. The molecule has 26 heavy (non-hydrogen) atoms. The van der Waals surface area contributed by atoms with Crippen LogP contribution in [-0.2, 0) is 0 Å². The lowest BCUT2D eigenvalue weighted by atomic mass is 10.2. The number of rotatable bonds is 4. The average molecular weight is 561 g/mol. The van der Waals surface area contributed by atoms with Crippen molar-refractivity contribution in [3.05, 3.63) is 63.0 Å². The maximum absolute atomic E-state index is 12.4. The van der Waals surface area contributed by atoms with Crippen LogP contribution < -0.4 is 16.0 Å². The molecule has 0 bridgehead atoms. The minimum absolute atomic E-state index is 0.189. The summed E-state index contributed by atoms with van der Waals surface area (Å²) in [5.74, 6) is -0.416. The lowest BCUT2D eigenvalue weighted by Gasteiger charge is -2.27. The van der Waals surface area contributed by atoms with Gasteiger partial charge in [-0.3, -0.25) is 4.79 Å². The molecular weight excluding hydrogens is 548 g/mol. The fourth-order valence-corrected chi connectivity index (χ4v) is 3.27. The number of halogens is 5. The highest BCUT2D eigenvalue weighted by Crippen LogP contribution is 2.29. The maximum Gasteiger partial charge on any atom is 0.253 e. The first-order valence-corrected chi connectivity index (χ1v) is 10.2. The van der Waals surface area contributed by atoms with Gasteiger partial charge in [0.1, 0.15) is 6.17 Å². The van der Waals surface area contributed by atoms with Crippen molar-refractivity contribution < 1.29 is 4.79 Å². The molecule has 0 fully saturated rings. The van der Waals surface area contributed by atoms with Crippen LogP contribution in [0.15, 0.2) is 57.5 Å². The average Bonchev–Trinajstić information content (AvgIpc) is 2.53. The summed E-state index contributed by atoms with van der Waals surface area (Å²) in [7, 11) is 0. The van der Waals surface area contributed by atoms with E-state index in [-0.39, 0.29) is 5.11 Å². The number of amides is 1. The third-order valence-electron chi connectivity index (χ3n) is 3.05. The Bertz CT molecular complexity index is 817. The Labute approximate surface area is 188 Å². The van der Waals surface area contributed by atoms with E-state index in [2.05, 4.69) is 47.8 Å². The summed E-state index contributed by atoms with van der Waals surface area (Å²) < 4.78 is -0.188. The van der Waals surface area contributed by atoms with Crippen LogP contribution in [0.2, 0.25) is 0 Å². The second-order valence-corrected chi connectivity index (χ2v) is 9.68. The van der Waals surface area contributed by atoms with E-state index < -0.39 is 15.9 Å². The Morgan fingerprint density at radius 1 is 1.00 bits per heavy atom. The summed E-state index contributed by atoms with van der Waals surface area (Å²) in [6.45, 7) is 0. The molecule has 0 aromatic heterocycles. The third-order valence-corrected chi connectivity index (χ3v) is 4.91. The molecule has 0 saturated carbocycles. The second-order valence-electron chi connectivity index (χ2n) is 5.07. The molecule has 10 heteroatoms. The minimum Gasteiger partial charge on any atom is -0.339 e. The van der Waals surface area contributed by atoms with Crippen molar-refractivity contribution >= 4 is 95.6 Å². The number of thiocarbonyl (C=S) groups is 1. The van der Waals surface area contributed by atoms with Gasteiger partial charge in [-0.05, 0) is 48.6 Å². The van der Waals surface area contributed by atoms with Gasteiger partial charge in [0.05, 0.1) is 0 Å². The van der Waals surface area contributed by atoms with E-state index in [1.807, 2.05) is 24.3 Å². The van der Waals surface area contributed by atoms with E-state index in [9.17, 15) is 4.79 Å². The van der Waals surface area contributed by atoms with E-state index >= 15 is 0 Å². The molecule has 0 aliphatic carbocycles. The van der Waals surface area contributed by atoms with Crippen LogP contribution in [0, 0.1) is 0 Å². The molecule has 0 aliphatic heterocycles. The summed E-state index contributed by atoms with van der Waals surface area (Å²) >= 11 is 29.9. The van der Waals surface area contributed by atoms with Gasteiger partial charge in [0.15, 0.2) is 5.11 Å². The van der Waals surface area contributed by atoms with Crippen LogP contribution >= 0.6 is 78.9 Å². The van der Waals surface area contributed by atoms with E-state index in [0.29, 0.717) is 5.56 Å². The SMILES string of the molecule is O=C(N[C@@H](NC(=S)Nc1cccc(Br)c1)C(Cl)(Cl)Cl)c1cccc(Br)c1. The molecule has 1 amide bonds. The molecule has 0 aliphatic rings. The Morgan fingerprint density at radius 2 is 1.62 bits per heavy atom. The quantitative estimate of drug-likeness (QED) is 0.258. The van der Waals surface area contributed by atoms with Crippen molar-refractivity contribution in [2.24, 2.45) is 0 Å². The molecule has 0 unspecified atom stereocenters. The number of benzene rings is 2. The van der Waals surface area contributed by atoms with Crippen molar-refractivity contribution in [2.45, 2.75) is 9.96 Å². The predicted octanol–water partition coefficient (Wildman–Crippen LogP) is 5.62. The fraction of sp³-hybridized carbons (Fsp3) is 0.125. The van der Waals surface area contributed by atoms with Crippen LogP contribution in [0.3, 0.4) is 0 Å². The van der Waals surface area contributed by atoms with Gasteiger partial charge in [0.25, 0.3) is 5.91 Å². The number of nitrogens with one attached hydrogen (secondary N) is 3. The van der Waals surface area contributed by atoms with Gasteiger partial charge in [-0.25, -0.2) is 0 Å². The molecule has 0 spiro atoms. The van der Waals surface area contributed by atoms with E-state index in [0.717, 1.165) is 14.6 Å². The van der Waals surface area contributed by atoms with Crippen LogP contribution in [-0.4, -0.2) is 21.0 Å². The van der Waals surface area contributed by atoms with Crippen molar-refractivity contribution in [2.75, 3.05) is 5.32 Å². The van der Waals surface area contributed by atoms with Gasteiger partial charge in [0.2, 0.25) is 3.79 Å². The molecule has 2 rings (SSSR count). The number of anilines is 1. The monoisotopic (exact) mass is 557 g/mol. The van der Waals surface area contributed by atoms with Crippen LogP contribution in [0.25, 0.3) is 0 Å². The number of hydrogen-bond acceptors (Lipinski definition) is 2. The summed E-state index contributed by atoms with van der Waals surface area (Å²) in [6, 6.07) is 14.2. The third kappa shape index (κ3) is 6.87. The largest absolute Gasteiger partial charge is 0.339 e. The lowest BCUT2D eigenvalue weighted by Crippen LogP contribution is -2.56. The number of carbonyl (C=O) groups excluding carboxylic acids is 1. The molecule has 0 radical (unpaired) electrons. The molecule has 2 aromatic carbocycles. The van der Waals surface area contributed by atoms with E-state index in [1.165, 1.54) is 0 Å². The van der Waals surface area contributed by atoms with E-state index in [4.69, 9.17) is 47.0 Å². The summed E-state index contributed by atoms with van der Waals surface area (Å²) in [5.41, 5.74) is 1.14. The van der Waals surface area contributed by atoms with Gasteiger partial charge in [-0.2, -0.15) is 0 Å². The Morgan fingerprint density at radius 3 is 2.19 bits per heavy atom. The zero-order valence-electron chi connectivity index (χ0n) is 12.9. The van der Waals surface area contributed by atoms with Crippen LogP contribution in [0.4, 0.5) is 5.69 Å². The highest BCUT2D eigenvalue weighted by Gasteiger charge is 2.34. The summed E-state index contributed by atoms with van der Waals surface area (Å²) in [5, 5.41) is 8.58. The van der Waals surface area contributed by atoms with Crippen molar-refractivity contribution in [1.82, 2.24) is 10.6 Å². The van der Waals surface area contributed by atoms with Crippen molar-refractivity contribution in [3.63, 3.8) is 0 Å². The highest BCUT2D eigenvalue weighted by atomic mass is 79.9. The normalized spacial score (nSPS) is 12.2. The van der Waals surface area contributed by atoms with Gasteiger partial charge in [-0.15, -0.1) is 0 Å². The smallest absolute Gasteiger partial charge is 0.253 e. The minimum atomic E-state index is -1.83. The first-order chi connectivity index (χ1) is 12.1. The van der Waals surface area contributed by atoms with Gasteiger partial charge < -0.3 is 16.0 Å². The van der Waals surface area contributed by atoms with Gasteiger partial charge in [0, 0.05) is 20.2 Å². The highest BCUT2D eigenvalue weighted by molar-refractivity contribution is 9.10. The second kappa shape index (κ2) is 9.57. The molecule has 138 valence electrons. The molecule has 3 N–H and O–H groups in total. The van der Waals surface area contributed by atoms with Crippen molar-refractivity contribution in [1.29, 1.82) is 0 Å². The molecule has 0 heterocycles. The Hall–Kier alpha value is -0.570. The Kier molecular flexibility index (Phi) is 8.00. The zero-order valence-corrected chi connectivity index (χ0v) is 19.2. The number of alkyl halides is 3. The number of hydrogen-bond donors (Lipinski definition) is 3. The maximum atomic E-state index is 12.4. The Balaban J connectivity index is 2.07. The van der Waals surface area contributed by atoms with Gasteiger partial charge in [-0.1, -0.05) is 78.8 Å². The van der Waals surface area contributed by atoms with Crippen LogP contribution in [0.1, 0.15) is 10.4 Å².